The van der Waals surface area contributed by atoms with E-state index in [0.717, 1.165) is 0 Å². The zero-order chi connectivity index (χ0) is 8.15. The predicted octanol–water partition coefficient (Wildman–Crippen LogP) is -2.26. The molecular formula is C5H11NO5. The molecule has 0 aromatic carbocycles. The first kappa shape index (κ1) is 12.5. The summed E-state index contributed by atoms with van der Waals surface area (Å²) in [6, 6.07) is -1.18. The van der Waals surface area contributed by atoms with Gasteiger partial charge in [0.1, 0.15) is 6.04 Å². The van der Waals surface area contributed by atoms with Crippen molar-refractivity contribution in [3.8, 4) is 0 Å². The van der Waals surface area contributed by atoms with Crippen molar-refractivity contribution in [3.63, 3.8) is 0 Å². The first-order valence-electron chi connectivity index (χ1n) is 2.68. The van der Waals surface area contributed by atoms with Crippen LogP contribution in [0.4, 0.5) is 0 Å². The van der Waals surface area contributed by atoms with E-state index in [2.05, 4.69) is 0 Å². The van der Waals surface area contributed by atoms with Gasteiger partial charge in [-0.3, -0.25) is 4.79 Å². The SMILES string of the molecule is CC(=O)NC(CO)C(=O)O.O. The minimum atomic E-state index is -1.24. The van der Waals surface area contributed by atoms with E-state index in [0.29, 0.717) is 0 Å². The Balaban J connectivity index is 0. The third kappa shape index (κ3) is 5.31. The molecule has 0 aliphatic carbocycles. The van der Waals surface area contributed by atoms with Crippen molar-refractivity contribution in [1.82, 2.24) is 5.32 Å². The van der Waals surface area contributed by atoms with Crippen LogP contribution in [0.5, 0.6) is 0 Å². The third-order valence-electron chi connectivity index (χ3n) is 0.858. The number of hydrogen-bond donors (Lipinski definition) is 3. The average molecular weight is 165 g/mol. The average Bonchev–Trinajstić information content (AvgIpc) is 1.81. The minimum Gasteiger partial charge on any atom is -0.480 e. The van der Waals surface area contributed by atoms with Crippen LogP contribution >= 0.6 is 0 Å². The summed E-state index contributed by atoms with van der Waals surface area (Å²) < 4.78 is 0. The summed E-state index contributed by atoms with van der Waals surface area (Å²) in [6.07, 6.45) is 0. The lowest BCUT2D eigenvalue weighted by Crippen LogP contribution is -2.42. The maximum Gasteiger partial charge on any atom is 0.328 e. The quantitative estimate of drug-likeness (QED) is 0.437. The van der Waals surface area contributed by atoms with Crippen molar-refractivity contribution < 1.29 is 25.3 Å². The molecule has 0 spiro atoms. The van der Waals surface area contributed by atoms with E-state index >= 15 is 0 Å². The number of carboxylic acid groups (broad SMARTS) is 1. The molecule has 0 radical (unpaired) electrons. The molecule has 0 fully saturated rings. The van der Waals surface area contributed by atoms with Gasteiger partial charge in [0.25, 0.3) is 0 Å². The van der Waals surface area contributed by atoms with Gasteiger partial charge in [-0.25, -0.2) is 4.79 Å². The van der Waals surface area contributed by atoms with Crippen molar-refractivity contribution in [3.05, 3.63) is 0 Å². The van der Waals surface area contributed by atoms with Gasteiger partial charge in [0, 0.05) is 6.92 Å². The van der Waals surface area contributed by atoms with Crippen LogP contribution in [-0.2, 0) is 9.59 Å². The van der Waals surface area contributed by atoms with Crippen LogP contribution in [0.3, 0.4) is 0 Å². The number of aliphatic carboxylic acids is 1. The number of amides is 1. The second-order valence-corrected chi connectivity index (χ2v) is 1.77. The van der Waals surface area contributed by atoms with Crippen molar-refractivity contribution in [2.24, 2.45) is 0 Å². The number of hydrogen-bond acceptors (Lipinski definition) is 3. The van der Waals surface area contributed by atoms with E-state index in [1.807, 2.05) is 5.32 Å². The lowest BCUT2D eigenvalue weighted by atomic mass is 10.3. The van der Waals surface area contributed by atoms with E-state index in [1.165, 1.54) is 6.92 Å². The zero-order valence-electron chi connectivity index (χ0n) is 6.00. The van der Waals surface area contributed by atoms with Gasteiger partial charge in [-0.05, 0) is 0 Å². The molecule has 11 heavy (non-hydrogen) atoms. The monoisotopic (exact) mass is 165 g/mol. The van der Waals surface area contributed by atoms with Crippen LogP contribution in [0, 0.1) is 0 Å². The summed E-state index contributed by atoms with van der Waals surface area (Å²) in [6.45, 7) is 0.598. The molecule has 0 aliphatic heterocycles. The molecule has 0 aromatic heterocycles. The highest BCUT2D eigenvalue weighted by Gasteiger charge is 2.15. The highest BCUT2D eigenvalue weighted by atomic mass is 16.4. The van der Waals surface area contributed by atoms with Crippen LogP contribution in [0.25, 0.3) is 0 Å². The number of carbonyl (C=O) groups is 2. The highest BCUT2D eigenvalue weighted by Crippen LogP contribution is 1.80. The summed E-state index contributed by atoms with van der Waals surface area (Å²) >= 11 is 0. The molecule has 5 N–H and O–H groups in total. The molecule has 0 saturated carbocycles. The van der Waals surface area contributed by atoms with Gasteiger partial charge in [0.2, 0.25) is 5.91 Å². The third-order valence-corrected chi connectivity index (χ3v) is 0.858. The second kappa shape index (κ2) is 5.63. The van der Waals surface area contributed by atoms with Crippen molar-refractivity contribution in [1.29, 1.82) is 0 Å². The Morgan fingerprint density at radius 1 is 1.55 bits per heavy atom. The lowest BCUT2D eigenvalue weighted by Gasteiger charge is -2.08. The largest absolute Gasteiger partial charge is 0.480 e. The van der Waals surface area contributed by atoms with Gasteiger partial charge in [0.15, 0.2) is 0 Å². The van der Waals surface area contributed by atoms with Gasteiger partial charge in [0.05, 0.1) is 6.61 Å². The van der Waals surface area contributed by atoms with E-state index in [9.17, 15) is 9.59 Å². The molecule has 0 bridgehead atoms. The number of rotatable bonds is 3. The Morgan fingerprint density at radius 2 is 2.00 bits per heavy atom. The first-order valence-corrected chi connectivity index (χ1v) is 2.68. The van der Waals surface area contributed by atoms with E-state index in [4.69, 9.17) is 10.2 Å². The molecule has 1 amide bonds. The summed E-state index contributed by atoms with van der Waals surface area (Å²) in [4.78, 5) is 20.3. The highest BCUT2D eigenvalue weighted by molar-refractivity contribution is 5.82. The first-order chi connectivity index (χ1) is 4.57. The molecule has 0 heterocycles. The van der Waals surface area contributed by atoms with Crippen LogP contribution < -0.4 is 5.32 Å². The maximum absolute atomic E-state index is 10.2. The fourth-order valence-electron chi connectivity index (χ4n) is 0.431. The van der Waals surface area contributed by atoms with Crippen LogP contribution in [0.2, 0.25) is 0 Å². The minimum absolute atomic E-state index is 0. The number of carbonyl (C=O) groups excluding carboxylic acids is 1. The van der Waals surface area contributed by atoms with Crippen molar-refractivity contribution >= 4 is 11.9 Å². The Labute approximate surface area is 63.1 Å². The Bertz CT molecular complexity index is 146. The summed E-state index contributed by atoms with van der Waals surface area (Å²) in [5, 5.41) is 18.6. The molecule has 1 unspecified atom stereocenters. The van der Waals surface area contributed by atoms with Crippen molar-refractivity contribution in [2.75, 3.05) is 6.61 Å². The summed E-state index contributed by atoms with van der Waals surface area (Å²) in [7, 11) is 0. The van der Waals surface area contributed by atoms with E-state index < -0.39 is 24.5 Å². The normalized spacial score (nSPS) is 11.1. The van der Waals surface area contributed by atoms with Gasteiger partial charge in [-0.2, -0.15) is 0 Å². The molecular weight excluding hydrogens is 154 g/mol. The fraction of sp³-hybridized carbons (Fsp3) is 0.600. The van der Waals surface area contributed by atoms with Crippen LogP contribution in [-0.4, -0.2) is 40.2 Å². The van der Waals surface area contributed by atoms with E-state index in [-0.39, 0.29) is 5.48 Å². The Kier molecular flexibility index (Phi) is 6.41. The summed E-state index contributed by atoms with van der Waals surface area (Å²) in [5.41, 5.74) is 0. The predicted molar refractivity (Wildman–Crippen MR) is 35.9 cm³/mol. The van der Waals surface area contributed by atoms with Gasteiger partial charge >= 0.3 is 5.97 Å². The van der Waals surface area contributed by atoms with E-state index in [1.54, 1.807) is 0 Å². The number of aliphatic hydroxyl groups excluding tert-OH is 1. The number of carboxylic acids is 1. The molecule has 6 heteroatoms. The smallest absolute Gasteiger partial charge is 0.328 e. The Morgan fingerprint density at radius 3 is 2.09 bits per heavy atom. The maximum atomic E-state index is 10.2. The molecule has 6 nitrogen and oxygen atoms in total. The molecule has 0 aromatic rings. The number of nitrogens with one attached hydrogen (secondary N) is 1. The molecule has 1 atom stereocenters. The lowest BCUT2D eigenvalue weighted by molar-refractivity contribution is -0.142. The van der Waals surface area contributed by atoms with Gasteiger partial charge in [-0.15, -0.1) is 0 Å². The van der Waals surface area contributed by atoms with Crippen LogP contribution in [0.15, 0.2) is 0 Å². The topological polar surface area (TPSA) is 118 Å². The summed E-state index contributed by atoms with van der Waals surface area (Å²) in [5.74, 6) is -1.71. The van der Waals surface area contributed by atoms with Gasteiger partial charge in [-0.1, -0.05) is 0 Å². The molecule has 66 valence electrons. The zero-order valence-corrected chi connectivity index (χ0v) is 6.00. The van der Waals surface area contributed by atoms with Crippen LogP contribution in [0.1, 0.15) is 6.92 Å². The fourth-order valence-corrected chi connectivity index (χ4v) is 0.431. The van der Waals surface area contributed by atoms with Gasteiger partial charge < -0.3 is 21.0 Å². The van der Waals surface area contributed by atoms with Crippen molar-refractivity contribution in [2.45, 2.75) is 13.0 Å². The molecule has 0 saturated heterocycles. The molecule has 0 rings (SSSR count). The standard InChI is InChI=1S/C5H9NO4.H2O/c1-3(8)6-4(2-7)5(9)10;/h4,7H,2H2,1H3,(H,6,8)(H,9,10);1H2. The second-order valence-electron chi connectivity index (χ2n) is 1.77. The molecule has 0 aliphatic rings. The Hall–Kier alpha value is -1.14. The number of aliphatic hydroxyl groups is 1.